The highest BCUT2D eigenvalue weighted by molar-refractivity contribution is 5.95. The number of rotatable bonds is 6. The molecule has 0 bridgehead atoms. The summed E-state index contributed by atoms with van der Waals surface area (Å²) in [6.07, 6.45) is 1.64. The highest BCUT2D eigenvalue weighted by Gasteiger charge is 2.27. The van der Waals surface area contributed by atoms with E-state index in [1.807, 2.05) is 35.2 Å². The summed E-state index contributed by atoms with van der Waals surface area (Å²) in [6.45, 7) is 1.48. The van der Waals surface area contributed by atoms with E-state index >= 15 is 0 Å². The molecule has 1 aliphatic heterocycles. The van der Waals surface area contributed by atoms with Crippen LogP contribution in [0, 0.1) is 16.0 Å². The molecule has 2 aromatic carbocycles. The maximum atomic E-state index is 12.6. The van der Waals surface area contributed by atoms with E-state index in [-0.39, 0.29) is 30.0 Å². The van der Waals surface area contributed by atoms with Crippen molar-refractivity contribution in [2.75, 3.05) is 36.9 Å². The molecule has 0 radical (unpaired) electrons. The molecule has 0 aromatic heterocycles. The predicted octanol–water partition coefficient (Wildman–Crippen LogP) is 2.91. The third kappa shape index (κ3) is 5.39. The Morgan fingerprint density at radius 2 is 1.86 bits per heavy atom. The number of hydrogen-bond donors (Lipinski definition) is 1. The molecule has 0 saturated carbocycles. The monoisotopic (exact) mass is 396 g/mol. The Morgan fingerprint density at radius 3 is 2.52 bits per heavy atom. The number of non-ortho nitro benzene ring substituents is 1. The van der Waals surface area contributed by atoms with Crippen LogP contribution in [0.5, 0.6) is 0 Å². The number of carbonyl (C=O) groups excluding carboxylic acids is 2. The number of nitrogens with one attached hydrogen (secondary N) is 1. The van der Waals surface area contributed by atoms with E-state index in [1.54, 1.807) is 19.2 Å². The minimum absolute atomic E-state index is 0.0158. The van der Waals surface area contributed by atoms with Crippen molar-refractivity contribution in [1.29, 1.82) is 0 Å². The zero-order valence-corrected chi connectivity index (χ0v) is 16.3. The first-order valence-electron chi connectivity index (χ1n) is 9.53. The lowest BCUT2D eigenvalue weighted by Crippen LogP contribution is -2.45. The smallest absolute Gasteiger partial charge is 0.269 e. The lowest BCUT2D eigenvalue weighted by atomic mass is 9.97. The number of nitro groups is 1. The Kier molecular flexibility index (Phi) is 6.56. The number of likely N-dealkylation sites (tertiary alicyclic amines) is 1. The molecule has 1 saturated heterocycles. The summed E-state index contributed by atoms with van der Waals surface area (Å²) in [5.41, 5.74) is 1.34. The van der Waals surface area contributed by atoms with Crippen molar-refractivity contribution in [2.45, 2.75) is 12.8 Å². The molecular formula is C21H24N4O4. The molecule has 29 heavy (non-hydrogen) atoms. The van der Waals surface area contributed by atoms with Crippen LogP contribution in [0.15, 0.2) is 54.6 Å². The fraction of sp³-hybridized carbons (Fsp3) is 0.333. The van der Waals surface area contributed by atoms with Gasteiger partial charge in [-0.2, -0.15) is 0 Å². The normalized spacial score (nSPS) is 16.8. The summed E-state index contributed by atoms with van der Waals surface area (Å²) in [5, 5.41) is 13.7. The topological polar surface area (TPSA) is 95.8 Å². The molecule has 152 valence electrons. The van der Waals surface area contributed by atoms with Gasteiger partial charge in [-0.15, -0.1) is 0 Å². The summed E-state index contributed by atoms with van der Waals surface area (Å²) >= 11 is 0. The number of nitro benzene ring substituents is 1. The number of amides is 2. The lowest BCUT2D eigenvalue weighted by Gasteiger charge is -2.32. The number of para-hydroxylation sites is 1. The van der Waals surface area contributed by atoms with E-state index < -0.39 is 4.92 Å². The zero-order valence-electron chi connectivity index (χ0n) is 16.3. The van der Waals surface area contributed by atoms with Crippen LogP contribution in [0.1, 0.15) is 12.8 Å². The Hall–Kier alpha value is -3.26. The van der Waals surface area contributed by atoms with Crippen LogP contribution >= 0.6 is 0 Å². The SMILES string of the molecule is CN(C(=O)CN1CCC[C@H](C(=O)Nc2ccccc2)C1)c1ccc([N+](=O)[O-])cc1. The number of anilines is 2. The second-order valence-electron chi connectivity index (χ2n) is 7.16. The second-order valence-corrected chi connectivity index (χ2v) is 7.16. The van der Waals surface area contributed by atoms with Crippen molar-refractivity contribution >= 4 is 28.9 Å². The third-order valence-corrected chi connectivity index (χ3v) is 5.10. The van der Waals surface area contributed by atoms with Crippen molar-refractivity contribution in [3.63, 3.8) is 0 Å². The molecule has 0 unspecified atom stereocenters. The average molecular weight is 396 g/mol. The maximum absolute atomic E-state index is 12.6. The Labute approximate surface area is 169 Å². The first kappa shape index (κ1) is 20.5. The molecule has 8 nitrogen and oxygen atoms in total. The molecule has 8 heteroatoms. The van der Waals surface area contributed by atoms with Crippen LogP contribution < -0.4 is 10.2 Å². The fourth-order valence-electron chi connectivity index (χ4n) is 3.42. The fourth-order valence-corrected chi connectivity index (χ4v) is 3.42. The van der Waals surface area contributed by atoms with Crippen molar-refractivity contribution in [3.05, 3.63) is 64.7 Å². The molecule has 1 heterocycles. The standard InChI is InChI=1S/C21H24N4O4/c1-23(18-9-11-19(12-10-18)25(28)29)20(26)15-24-13-5-6-16(14-24)21(27)22-17-7-3-2-4-8-17/h2-4,7-12,16H,5-6,13-15H2,1H3,(H,22,27)/t16-/m0/s1. The summed E-state index contributed by atoms with van der Waals surface area (Å²) < 4.78 is 0. The van der Waals surface area contributed by atoms with E-state index in [0.29, 0.717) is 12.2 Å². The summed E-state index contributed by atoms with van der Waals surface area (Å²) in [6, 6.07) is 15.2. The molecule has 1 fully saturated rings. The molecular weight excluding hydrogens is 372 g/mol. The van der Waals surface area contributed by atoms with Crippen LogP contribution in [0.2, 0.25) is 0 Å². The minimum Gasteiger partial charge on any atom is -0.326 e. The van der Waals surface area contributed by atoms with Crippen molar-refractivity contribution < 1.29 is 14.5 Å². The quantitative estimate of drug-likeness (QED) is 0.598. The zero-order chi connectivity index (χ0) is 20.8. The number of piperidine rings is 1. The Balaban J connectivity index is 1.55. The van der Waals surface area contributed by atoms with E-state index in [9.17, 15) is 19.7 Å². The molecule has 2 aromatic rings. The minimum atomic E-state index is -0.472. The van der Waals surface area contributed by atoms with E-state index in [0.717, 1.165) is 25.1 Å². The Morgan fingerprint density at radius 1 is 1.17 bits per heavy atom. The predicted molar refractivity (Wildman–Crippen MR) is 111 cm³/mol. The summed E-state index contributed by atoms with van der Waals surface area (Å²) in [4.78, 5) is 39.0. The van der Waals surface area contributed by atoms with Gasteiger partial charge >= 0.3 is 0 Å². The van der Waals surface area contributed by atoms with Gasteiger partial charge in [0, 0.05) is 37.1 Å². The first-order valence-corrected chi connectivity index (χ1v) is 9.53. The van der Waals surface area contributed by atoms with Gasteiger partial charge in [0.2, 0.25) is 11.8 Å². The van der Waals surface area contributed by atoms with Gasteiger partial charge < -0.3 is 10.2 Å². The van der Waals surface area contributed by atoms with Gasteiger partial charge in [0.25, 0.3) is 5.69 Å². The van der Waals surface area contributed by atoms with Crippen LogP contribution in [-0.4, -0.2) is 48.3 Å². The van der Waals surface area contributed by atoms with Gasteiger partial charge in [0.15, 0.2) is 0 Å². The molecule has 1 N–H and O–H groups in total. The van der Waals surface area contributed by atoms with Crippen molar-refractivity contribution in [3.8, 4) is 0 Å². The number of carbonyl (C=O) groups is 2. The van der Waals surface area contributed by atoms with Crippen molar-refractivity contribution in [2.24, 2.45) is 5.92 Å². The van der Waals surface area contributed by atoms with Gasteiger partial charge in [0.1, 0.15) is 0 Å². The summed E-state index contributed by atoms with van der Waals surface area (Å²) in [5.74, 6) is -0.318. The molecule has 0 spiro atoms. The number of nitrogens with zero attached hydrogens (tertiary/aromatic N) is 3. The molecule has 1 atom stereocenters. The number of hydrogen-bond acceptors (Lipinski definition) is 5. The van der Waals surface area contributed by atoms with E-state index in [1.165, 1.54) is 17.0 Å². The van der Waals surface area contributed by atoms with Crippen LogP contribution in [0.25, 0.3) is 0 Å². The number of likely N-dealkylation sites (N-methyl/N-ethyl adjacent to an activating group) is 1. The lowest BCUT2D eigenvalue weighted by molar-refractivity contribution is -0.384. The van der Waals surface area contributed by atoms with Crippen molar-refractivity contribution in [1.82, 2.24) is 4.90 Å². The molecule has 0 aliphatic carbocycles. The van der Waals surface area contributed by atoms with Gasteiger partial charge in [0.05, 0.1) is 17.4 Å². The van der Waals surface area contributed by atoms with Gasteiger partial charge in [-0.3, -0.25) is 24.6 Å². The van der Waals surface area contributed by atoms with Crippen LogP contribution in [0.4, 0.5) is 17.1 Å². The van der Waals surface area contributed by atoms with Gasteiger partial charge in [-0.25, -0.2) is 0 Å². The first-order chi connectivity index (χ1) is 13.9. The van der Waals surface area contributed by atoms with Gasteiger partial charge in [-0.1, -0.05) is 18.2 Å². The third-order valence-electron chi connectivity index (χ3n) is 5.10. The highest BCUT2D eigenvalue weighted by Crippen LogP contribution is 2.21. The second kappa shape index (κ2) is 9.29. The van der Waals surface area contributed by atoms with E-state index in [4.69, 9.17) is 0 Å². The average Bonchev–Trinajstić information content (AvgIpc) is 2.74. The van der Waals surface area contributed by atoms with Crippen LogP contribution in [-0.2, 0) is 9.59 Å². The molecule has 1 aliphatic rings. The van der Waals surface area contributed by atoms with Crippen LogP contribution in [0.3, 0.4) is 0 Å². The number of benzene rings is 2. The van der Waals surface area contributed by atoms with E-state index in [2.05, 4.69) is 5.32 Å². The summed E-state index contributed by atoms with van der Waals surface area (Å²) in [7, 11) is 1.65. The Bertz CT molecular complexity index is 870. The molecule has 2 amide bonds. The highest BCUT2D eigenvalue weighted by atomic mass is 16.6. The largest absolute Gasteiger partial charge is 0.326 e. The van der Waals surface area contributed by atoms with Gasteiger partial charge in [-0.05, 0) is 43.7 Å². The maximum Gasteiger partial charge on any atom is 0.269 e. The molecule has 3 rings (SSSR count).